The van der Waals surface area contributed by atoms with Crippen LogP contribution < -0.4 is 0 Å². The predicted molar refractivity (Wildman–Crippen MR) is 115 cm³/mol. The van der Waals surface area contributed by atoms with Gasteiger partial charge >= 0.3 is 0 Å². The van der Waals surface area contributed by atoms with E-state index in [1.54, 1.807) is 0 Å². The number of aryl methyl sites for hydroxylation is 1. The summed E-state index contributed by atoms with van der Waals surface area (Å²) in [6, 6.07) is 15.7. The van der Waals surface area contributed by atoms with Crippen LogP contribution in [-0.2, 0) is 4.79 Å². The molecule has 5 nitrogen and oxygen atoms in total. The number of amides is 1. The van der Waals surface area contributed by atoms with Crippen LogP contribution in [-0.4, -0.2) is 44.4 Å². The van der Waals surface area contributed by atoms with Crippen molar-refractivity contribution in [3.63, 3.8) is 0 Å². The minimum atomic E-state index is 0.0951. The standard InChI is InChI=1S/C21H23ClN4OS/c1-4-25(5-2)19(27)14-28-21-24-23-20(16-7-6-8-17(22)13-16)26(21)18-11-9-15(3)10-12-18/h6-13H,4-5,14H2,1-3H3. The lowest BCUT2D eigenvalue weighted by atomic mass is 10.2. The average molecular weight is 415 g/mol. The third-order valence-electron chi connectivity index (χ3n) is 4.45. The largest absolute Gasteiger partial charge is 0.343 e. The van der Waals surface area contributed by atoms with Crippen LogP contribution in [0.25, 0.3) is 17.1 Å². The van der Waals surface area contributed by atoms with Gasteiger partial charge in [-0.15, -0.1) is 10.2 Å². The van der Waals surface area contributed by atoms with Gasteiger partial charge < -0.3 is 4.90 Å². The van der Waals surface area contributed by atoms with Crippen molar-refractivity contribution in [3.8, 4) is 17.1 Å². The van der Waals surface area contributed by atoms with E-state index >= 15 is 0 Å². The van der Waals surface area contributed by atoms with Crippen molar-refractivity contribution in [2.75, 3.05) is 18.8 Å². The van der Waals surface area contributed by atoms with Gasteiger partial charge in [-0.25, -0.2) is 0 Å². The molecule has 0 aliphatic heterocycles. The van der Waals surface area contributed by atoms with Crippen molar-refractivity contribution >= 4 is 29.3 Å². The monoisotopic (exact) mass is 414 g/mol. The lowest BCUT2D eigenvalue weighted by Gasteiger charge is -2.18. The highest BCUT2D eigenvalue weighted by molar-refractivity contribution is 7.99. The SMILES string of the molecule is CCN(CC)C(=O)CSc1nnc(-c2cccc(Cl)c2)n1-c1ccc(C)cc1. The number of thioether (sulfide) groups is 1. The van der Waals surface area contributed by atoms with Gasteiger partial charge in [-0.3, -0.25) is 9.36 Å². The van der Waals surface area contributed by atoms with Crippen LogP contribution in [0.15, 0.2) is 53.7 Å². The third kappa shape index (κ3) is 4.56. The first-order valence-corrected chi connectivity index (χ1v) is 10.6. The molecule has 1 amide bonds. The fourth-order valence-electron chi connectivity index (χ4n) is 2.90. The summed E-state index contributed by atoms with van der Waals surface area (Å²) in [6.07, 6.45) is 0. The molecule has 1 heterocycles. The molecule has 0 atom stereocenters. The summed E-state index contributed by atoms with van der Waals surface area (Å²) in [5.41, 5.74) is 3.00. The number of nitrogens with zero attached hydrogens (tertiary/aromatic N) is 4. The molecule has 0 N–H and O–H groups in total. The topological polar surface area (TPSA) is 51.0 Å². The molecule has 0 aliphatic rings. The molecule has 28 heavy (non-hydrogen) atoms. The average Bonchev–Trinajstić information content (AvgIpc) is 3.12. The van der Waals surface area contributed by atoms with Gasteiger partial charge in [0.25, 0.3) is 0 Å². The first kappa shape index (κ1) is 20.4. The zero-order chi connectivity index (χ0) is 20.1. The number of carbonyl (C=O) groups excluding carboxylic acids is 1. The van der Waals surface area contributed by atoms with Gasteiger partial charge in [0.1, 0.15) is 0 Å². The third-order valence-corrected chi connectivity index (χ3v) is 5.60. The maximum Gasteiger partial charge on any atom is 0.233 e. The minimum Gasteiger partial charge on any atom is -0.343 e. The maximum atomic E-state index is 12.4. The van der Waals surface area contributed by atoms with E-state index in [4.69, 9.17) is 11.6 Å². The fourth-order valence-corrected chi connectivity index (χ4v) is 3.94. The molecular formula is C21H23ClN4OS. The number of rotatable bonds is 7. The Balaban J connectivity index is 1.98. The van der Waals surface area contributed by atoms with Crippen LogP contribution in [0.1, 0.15) is 19.4 Å². The van der Waals surface area contributed by atoms with Gasteiger partial charge in [0, 0.05) is 29.4 Å². The Morgan fingerprint density at radius 2 is 1.82 bits per heavy atom. The molecule has 146 valence electrons. The van der Waals surface area contributed by atoms with E-state index < -0.39 is 0 Å². The van der Waals surface area contributed by atoms with E-state index in [9.17, 15) is 4.79 Å². The number of hydrogen-bond donors (Lipinski definition) is 0. The fraction of sp³-hybridized carbons (Fsp3) is 0.286. The summed E-state index contributed by atoms with van der Waals surface area (Å²) in [6.45, 7) is 7.42. The maximum absolute atomic E-state index is 12.4. The number of hydrogen-bond acceptors (Lipinski definition) is 4. The Bertz CT molecular complexity index is 951. The van der Waals surface area contributed by atoms with E-state index in [1.165, 1.54) is 17.3 Å². The van der Waals surface area contributed by atoms with E-state index in [-0.39, 0.29) is 5.91 Å². The quantitative estimate of drug-likeness (QED) is 0.518. The number of halogens is 1. The Kier molecular flexibility index (Phi) is 6.75. The van der Waals surface area contributed by atoms with Crippen LogP contribution in [0.3, 0.4) is 0 Å². The van der Waals surface area contributed by atoms with E-state index in [0.29, 0.717) is 34.8 Å². The molecule has 0 aliphatic carbocycles. The molecule has 2 aromatic carbocycles. The summed E-state index contributed by atoms with van der Waals surface area (Å²) < 4.78 is 1.98. The van der Waals surface area contributed by atoms with Crippen LogP contribution in [0, 0.1) is 6.92 Å². The normalized spacial score (nSPS) is 10.9. The highest BCUT2D eigenvalue weighted by atomic mass is 35.5. The van der Waals surface area contributed by atoms with Gasteiger partial charge in [-0.2, -0.15) is 0 Å². The Morgan fingerprint density at radius 3 is 2.46 bits per heavy atom. The van der Waals surface area contributed by atoms with Crippen LogP contribution in [0.5, 0.6) is 0 Å². The Morgan fingerprint density at radius 1 is 1.11 bits per heavy atom. The molecule has 0 spiro atoms. The lowest BCUT2D eigenvalue weighted by Crippen LogP contribution is -2.31. The van der Waals surface area contributed by atoms with Gasteiger partial charge in [-0.05, 0) is 45.0 Å². The molecular weight excluding hydrogens is 392 g/mol. The molecule has 0 unspecified atom stereocenters. The molecule has 0 saturated carbocycles. The van der Waals surface area contributed by atoms with Gasteiger partial charge in [0.2, 0.25) is 5.91 Å². The summed E-state index contributed by atoms with van der Waals surface area (Å²) in [5, 5.41) is 10.1. The zero-order valence-corrected chi connectivity index (χ0v) is 17.8. The second-order valence-electron chi connectivity index (χ2n) is 6.34. The van der Waals surface area contributed by atoms with Crippen LogP contribution in [0.2, 0.25) is 5.02 Å². The van der Waals surface area contributed by atoms with Crippen molar-refractivity contribution in [2.24, 2.45) is 0 Å². The molecule has 3 rings (SSSR count). The second kappa shape index (κ2) is 9.26. The first-order valence-electron chi connectivity index (χ1n) is 9.22. The van der Waals surface area contributed by atoms with Crippen LogP contribution in [0.4, 0.5) is 0 Å². The van der Waals surface area contributed by atoms with Crippen LogP contribution >= 0.6 is 23.4 Å². The first-order chi connectivity index (χ1) is 13.5. The zero-order valence-electron chi connectivity index (χ0n) is 16.2. The summed E-state index contributed by atoms with van der Waals surface area (Å²) >= 11 is 7.58. The number of benzene rings is 2. The molecule has 0 bridgehead atoms. The second-order valence-corrected chi connectivity index (χ2v) is 7.72. The minimum absolute atomic E-state index is 0.0951. The molecule has 1 aromatic heterocycles. The Labute approximate surface area is 174 Å². The van der Waals surface area contributed by atoms with Crippen molar-refractivity contribution in [1.82, 2.24) is 19.7 Å². The summed E-state index contributed by atoms with van der Waals surface area (Å²) in [7, 11) is 0. The summed E-state index contributed by atoms with van der Waals surface area (Å²) in [4.78, 5) is 14.2. The van der Waals surface area contributed by atoms with Gasteiger partial charge in [0.05, 0.1) is 5.75 Å². The molecule has 3 aromatic rings. The molecule has 0 radical (unpaired) electrons. The van der Waals surface area contributed by atoms with E-state index in [0.717, 1.165) is 11.3 Å². The highest BCUT2D eigenvalue weighted by Gasteiger charge is 2.18. The number of aromatic nitrogens is 3. The van der Waals surface area contributed by atoms with Gasteiger partial charge in [-0.1, -0.05) is 53.2 Å². The van der Waals surface area contributed by atoms with E-state index in [1.807, 2.05) is 78.8 Å². The van der Waals surface area contributed by atoms with Crippen molar-refractivity contribution < 1.29 is 4.79 Å². The lowest BCUT2D eigenvalue weighted by molar-refractivity contribution is -0.127. The smallest absolute Gasteiger partial charge is 0.233 e. The Hall–Kier alpha value is -2.31. The molecule has 0 saturated heterocycles. The predicted octanol–water partition coefficient (Wildman–Crippen LogP) is 4.86. The molecule has 0 fully saturated rings. The van der Waals surface area contributed by atoms with Crippen molar-refractivity contribution in [1.29, 1.82) is 0 Å². The molecule has 7 heteroatoms. The highest BCUT2D eigenvalue weighted by Crippen LogP contribution is 2.29. The van der Waals surface area contributed by atoms with Crippen molar-refractivity contribution in [3.05, 3.63) is 59.1 Å². The summed E-state index contributed by atoms with van der Waals surface area (Å²) in [5.74, 6) is 1.11. The van der Waals surface area contributed by atoms with Crippen molar-refractivity contribution in [2.45, 2.75) is 25.9 Å². The van der Waals surface area contributed by atoms with E-state index in [2.05, 4.69) is 10.2 Å². The van der Waals surface area contributed by atoms with Gasteiger partial charge in [0.15, 0.2) is 11.0 Å². The number of carbonyl (C=O) groups is 1.